The van der Waals surface area contributed by atoms with Gasteiger partial charge in [-0.1, -0.05) is 0 Å². The van der Waals surface area contributed by atoms with Crippen molar-refractivity contribution in [3.8, 4) is 0 Å². The van der Waals surface area contributed by atoms with Gasteiger partial charge in [-0.05, 0) is 44.8 Å². The SMILES string of the molecule is COC(=O)CN1CCC(CCN)CC1. The van der Waals surface area contributed by atoms with E-state index in [4.69, 9.17) is 5.73 Å². The molecule has 1 rings (SSSR count). The van der Waals surface area contributed by atoms with Crippen LogP contribution in [0.1, 0.15) is 19.3 Å². The molecule has 0 aromatic carbocycles. The molecule has 1 saturated heterocycles. The van der Waals surface area contributed by atoms with Gasteiger partial charge in [0, 0.05) is 0 Å². The van der Waals surface area contributed by atoms with E-state index in [1.807, 2.05) is 0 Å². The third-order valence-corrected chi connectivity index (χ3v) is 2.86. The van der Waals surface area contributed by atoms with Crippen molar-refractivity contribution in [3.63, 3.8) is 0 Å². The Kier molecular flexibility index (Phi) is 4.90. The van der Waals surface area contributed by atoms with Crippen molar-refractivity contribution in [1.29, 1.82) is 0 Å². The van der Waals surface area contributed by atoms with Crippen LogP contribution in [0.4, 0.5) is 0 Å². The molecule has 4 nitrogen and oxygen atoms in total. The van der Waals surface area contributed by atoms with Crippen LogP contribution in [0.2, 0.25) is 0 Å². The molecule has 0 bridgehead atoms. The Balaban J connectivity index is 2.18. The Morgan fingerprint density at radius 1 is 1.50 bits per heavy atom. The molecule has 1 aliphatic heterocycles. The minimum atomic E-state index is -0.137. The summed E-state index contributed by atoms with van der Waals surface area (Å²) in [4.78, 5) is 13.2. The fourth-order valence-corrected chi connectivity index (χ4v) is 1.92. The van der Waals surface area contributed by atoms with Gasteiger partial charge in [-0.15, -0.1) is 0 Å². The number of hydrogen-bond acceptors (Lipinski definition) is 4. The molecule has 2 N–H and O–H groups in total. The average molecular weight is 200 g/mol. The average Bonchev–Trinajstić information content (AvgIpc) is 2.21. The van der Waals surface area contributed by atoms with E-state index in [0.29, 0.717) is 6.54 Å². The first-order valence-corrected chi connectivity index (χ1v) is 5.25. The predicted molar refractivity (Wildman–Crippen MR) is 54.9 cm³/mol. The molecule has 0 aromatic rings. The monoisotopic (exact) mass is 200 g/mol. The Bertz CT molecular complexity index is 177. The van der Waals surface area contributed by atoms with Crippen molar-refractivity contribution in [2.45, 2.75) is 19.3 Å². The second-order valence-corrected chi connectivity index (χ2v) is 3.87. The van der Waals surface area contributed by atoms with E-state index in [1.165, 1.54) is 7.11 Å². The molecule has 4 heteroatoms. The number of hydrogen-bond donors (Lipinski definition) is 1. The van der Waals surface area contributed by atoms with Gasteiger partial charge in [0.15, 0.2) is 0 Å². The van der Waals surface area contributed by atoms with Crippen LogP contribution in [-0.2, 0) is 9.53 Å². The van der Waals surface area contributed by atoms with Crippen LogP contribution < -0.4 is 5.73 Å². The summed E-state index contributed by atoms with van der Waals surface area (Å²) in [6, 6.07) is 0. The van der Waals surface area contributed by atoms with Crippen molar-refractivity contribution in [1.82, 2.24) is 4.90 Å². The molecular formula is C10H20N2O2. The smallest absolute Gasteiger partial charge is 0.319 e. The van der Waals surface area contributed by atoms with E-state index in [2.05, 4.69) is 9.64 Å². The zero-order valence-electron chi connectivity index (χ0n) is 8.87. The molecule has 82 valence electrons. The third-order valence-electron chi connectivity index (χ3n) is 2.86. The molecule has 0 aliphatic carbocycles. The molecule has 14 heavy (non-hydrogen) atoms. The summed E-state index contributed by atoms with van der Waals surface area (Å²) in [5.41, 5.74) is 5.51. The highest BCUT2D eigenvalue weighted by Crippen LogP contribution is 2.19. The molecule has 0 unspecified atom stereocenters. The number of nitrogens with two attached hydrogens (primary N) is 1. The number of carbonyl (C=O) groups excluding carboxylic acids is 1. The molecule has 0 radical (unpaired) electrons. The summed E-state index contributed by atoms with van der Waals surface area (Å²) in [6.45, 7) is 3.22. The maximum Gasteiger partial charge on any atom is 0.319 e. The van der Waals surface area contributed by atoms with Crippen LogP contribution in [0.3, 0.4) is 0 Å². The second-order valence-electron chi connectivity index (χ2n) is 3.87. The van der Waals surface area contributed by atoms with Gasteiger partial charge in [-0.25, -0.2) is 0 Å². The number of ether oxygens (including phenoxy) is 1. The summed E-state index contributed by atoms with van der Waals surface area (Å²) >= 11 is 0. The van der Waals surface area contributed by atoms with Gasteiger partial charge < -0.3 is 10.5 Å². The minimum Gasteiger partial charge on any atom is -0.468 e. The van der Waals surface area contributed by atoms with Crippen LogP contribution in [0.25, 0.3) is 0 Å². The lowest BCUT2D eigenvalue weighted by molar-refractivity contribution is -0.142. The zero-order chi connectivity index (χ0) is 10.4. The minimum absolute atomic E-state index is 0.137. The maximum absolute atomic E-state index is 11.0. The van der Waals surface area contributed by atoms with E-state index >= 15 is 0 Å². The summed E-state index contributed by atoms with van der Waals surface area (Å²) in [6.07, 6.45) is 3.44. The number of methoxy groups -OCH3 is 1. The Hall–Kier alpha value is -0.610. The number of nitrogens with zero attached hydrogens (tertiary/aromatic N) is 1. The Morgan fingerprint density at radius 2 is 2.14 bits per heavy atom. The molecular weight excluding hydrogens is 180 g/mol. The highest BCUT2D eigenvalue weighted by molar-refractivity contribution is 5.71. The molecule has 1 heterocycles. The quantitative estimate of drug-likeness (QED) is 0.660. The summed E-state index contributed by atoms with van der Waals surface area (Å²) in [5.74, 6) is 0.621. The summed E-state index contributed by atoms with van der Waals surface area (Å²) in [5, 5.41) is 0. The van der Waals surface area contributed by atoms with Crippen molar-refractivity contribution in [2.24, 2.45) is 11.7 Å². The van der Waals surface area contributed by atoms with Crippen molar-refractivity contribution >= 4 is 5.97 Å². The lowest BCUT2D eigenvalue weighted by Crippen LogP contribution is -2.38. The lowest BCUT2D eigenvalue weighted by atomic mass is 9.94. The molecule has 0 spiro atoms. The summed E-state index contributed by atoms with van der Waals surface area (Å²) < 4.78 is 4.63. The van der Waals surface area contributed by atoms with Crippen molar-refractivity contribution in [2.75, 3.05) is 33.3 Å². The number of rotatable bonds is 4. The highest BCUT2D eigenvalue weighted by Gasteiger charge is 2.20. The molecule has 0 amide bonds. The van der Waals surface area contributed by atoms with Crippen LogP contribution in [0.5, 0.6) is 0 Å². The van der Waals surface area contributed by atoms with Gasteiger partial charge in [-0.2, -0.15) is 0 Å². The first-order valence-electron chi connectivity index (χ1n) is 5.25. The van der Waals surface area contributed by atoms with E-state index in [1.54, 1.807) is 0 Å². The molecule has 0 saturated carbocycles. The number of likely N-dealkylation sites (tertiary alicyclic amines) is 1. The van der Waals surface area contributed by atoms with Gasteiger partial charge in [0.1, 0.15) is 0 Å². The highest BCUT2D eigenvalue weighted by atomic mass is 16.5. The third kappa shape index (κ3) is 3.64. The van der Waals surface area contributed by atoms with E-state index in [0.717, 1.165) is 44.8 Å². The van der Waals surface area contributed by atoms with Crippen LogP contribution in [-0.4, -0.2) is 44.2 Å². The lowest BCUT2D eigenvalue weighted by Gasteiger charge is -2.30. The van der Waals surface area contributed by atoms with Gasteiger partial charge in [0.05, 0.1) is 13.7 Å². The van der Waals surface area contributed by atoms with Gasteiger partial charge in [-0.3, -0.25) is 9.69 Å². The fourth-order valence-electron chi connectivity index (χ4n) is 1.92. The van der Waals surface area contributed by atoms with E-state index < -0.39 is 0 Å². The molecule has 0 atom stereocenters. The maximum atomic E-state index is 11.0. The number of piperidine rings is 1. The summed E-state index contributed by atoms with van der Waals surface area (Å²) in [7, 11) is 1.43. The normalized spacial score (nSPS) is 19.6. The zero-order valence-corrected chi connectivity index (χ0v) is 8.87. The van der Waals surface area contributed by atoms with Gasteiger partial charge in [0.25, 0.3) is 0 Å². The number of esters is 1. The molecule has 1 fully saturated rings. The second kappa shape index (κ2) is 5.98. The molecule has 0 aromatic heterocycles. The Morgan fingerprint density at radius 3 is 2.64 bits per heavy atom. The predicted octanol–water partition coefficient (Wildman–Crippen LogP) is 0.220. The largest absolute Gasteiger partial charge is 0.468 e. The van der Waals surface area contributed by atoms with Crippen LogP contribution >= 0.6 is 0 Å². The van der Waals surface area contributed by atoms with Crippen LogP contribution in [0, 0.1) is 5.92 Å². The number of carbonyl (C=O) groups is 1. The van der Waals surface area contributed by atoms with Gasteiger partial charge >= 0.3 is 5.97 Å². The van der Waals surface area contributed by atoms with Crippen LogP contribution in [0.15, 0.2) is 0 Å². The van der Waals surface area contributed by atoms with Crippen molar-refractivity contribution < 1.29 is 9.53 Å². The van der Waals surface area contributed by atoms with E-state index in [-0.39, 0.29) is 5.97 Å². The first kappa shape index (κ1) is 11.5. The van der Waals surface area contributed by atoms with Crippen molar-refractivity contribution in [3.05, 3.63) is 0 Å². The Labute approximate surface area is 85.4 Å². The topological polar surface area (TPSA) is 55.6 Å². The van der Waals surface area contributed by atoms with Gasteiger partial charge in [0.2, 0.25) is 0 Å². The standard InChI is InChI=1S/C10H20N2O2/c1-14-10(13)8-12-6-3-9(2-5-11)4-7-12/h9H,2-8,11H2,1H3. The fraction of sp³-hybridized carbons (Fsp3) is 0.900. The molecule has 1 aliphatic rings. The van der Waals surface area contributed by atoms with E-state index in [9.17, 15) is 4.79 Å². The first-order chi connectivity index (χ1) is 6.76.